The van der Waals surface area contributed by atoms with Crippen molar-refractivity contribution in [2.45, 2.75) is 13.0 Å². The van der Waals surface area contributed by atoms with E-state index in [1.54, 1.807) is 14.2 Å². The molecule has 22 heavy (non-hydrogen) atoms. The molecule has 1 aliphatic rings. The predicted octanol–water partition coefficient (Wildman–Crippen LogP) is 1.68. The lowest BCUT2D eigenvalue weighted by Crippen LogP contribution is -2.25. The van der Waals surface area contributed by atoms with Crippen LogP contribution in [-0.4, -0.2) is 48.8 Å². The number of methoxy groups -OCH3 is 2. The first kappa shape index (κ1) is 14.8. The van der Waals surface area contributed by atoms with E-state index in [9.17, 15) is 0 Å². The minimum atomic E-state index is -0.260. The zero-order chi connectivity index (χ0) is 15.5. The van der Waals surface area contributed by atoms with E-state index in [0.29, 0.717) is 37.1 Å². The molecule has 1 aromatic heterocycles. The van der Waals surface area contributed by atoms with Crippen LogP contribution >= 0.6 is 0 Å². The molecule has 0 aliphatic carbocycles. The molecular weight excluding hydrogens is 286 g/mol. The molecule has 1 fully saturated rings. The molecule has 0 saturated carbocycles. The van der Waals surface area contributed by atoms with E-state index in [-0.39, 0.29) is 6.10 Å². The van der Waals surface area contributed by atoms with E-state index in [4.69, 9.17) is 18.9 Å². The lowest BCUT2D eigenvalue weighted by atomic mass is 10.2. The predicted molar refractivity (Wildman–Crippen MR) is 78.7 cm³/mol. The van der Waals surface area contributed by atoms with Crippen molar-refractivity contribution in [1.29, 1.82) is 0 Å². The average molecular weight is 305 g/mol. The first-order valence-corrected chi connectivity index (χ1v) is 7.09. The maximum atomic E-state index is 5.76. The molecule has 2 aromatic rings. The van der Waals surface area contributed by atoms with Crippen molar-refractivity contribution in [3.63, 3.8) is 0 Å². The Bertz CT molecular complexity index is 628. The highest BCUT2D eigenvalue weighted by Gasteiger charge is 2.27. The summed E-state index contributed by atoms with van der Waals surface area (Å²) in [5.41, 5.74) is 0.763. The van der Waals surface area contributed by atoms with Gasteiger partial charge in [0.15, 0.2) is 5.82 Å². The van der Waals surface area contributed by atoms with Crippen molar-refractivity contribution < 1.29 is 18.9 Å². The van der Waals surface area contributed by atoms with Gasteiger partial charge in [0.1, 0.15) is 29.1 Å². The summed E-state index contributed by atoms with van der Waals surface area (Å²) in [6, 6.07) is 5.62. The van der Waals surface area contributed by atoms with E-state index in [0.717, 1.165) is 11.5 Å². The number of aryl methyl sites for hydroxylation is 1. The molecule has 0 amide bonds. The van der Waals surface area contributed by atoms with Crippen molar-refractivity contribution in [1.82, 2.24) is 14.8 Å². The van der Waals surface area contributed by atoms with Gasteiger partial charge in [-0.05, 0) is 19.1 Å². The first-order valence-electron chi connectivity index (χ1n) is 7.09. The Morgan fingerprint density at radius 3 is 2.45 bits per heavy atom. The Balaban J connectivity index is 2.14. The van der Waals surface area contributed by atoms with Crippen LogP contribution in [0.3, 0.4) is 0 Å². The normalized spacial score (nSPS) is 18.2. The molecule has 1 aromatic carbocycles. The average Bonchev–Trinajstić information content (AvgIpc) is 2.96. The number of ether oxygens (including phenoxy) is 4. The molecule has 1 aliphatic heterocycles. The van der Waals surface area contributed by atoms with Crippen LogP contribution < -0.4 is 9.47 Å². The smallest absolute Gasteiger partial charge is 0.169 e. The van der Waals surface area contributed by atoms with E-state index < -0.39 is 0 Å². The van der Waals surface area contributed by atoms with Crippen LogP contribution in [0, 0.1) is 6.92 Å². The van der Waals surface area contributed by atoms with Crippen LogP contribution in [0.4, 0.5) is 0 Å². The molecule has 2 heterocycles. The Morgan fingerprint density at radius 1 is 1.14 bits per heavy atom. The third kappa shape index (κ3) is 2.53. The summed E-state index contributed by atoms with van der Waals surface area (Å²) < 4.78 is 24.1. The number of nitrogens with zero attached hydrogens (tertiary/aromatic N) is 3. The molecule has 7 heteroatoms. The van der Waals surface area contributed by atoms with Crippen LogP contribution in [0.25, 0.3) is 5.69 Å². The highest BCUT2D eigenvalue weighted by atomic mass is 16.6. The van der Waals surface area contributed by atoms with E-state index >= 15 is 0 Å². The van der Waals surface area contributed by atoms with Gasteiger partial charge in [0.25, 0.3) is 0 Å². The van der Waals surface area contributed by atoms with E-state index in [1.807, 2.05) is 29.7 Å². The Labute approximate surface area is 128 Å². The summed E-state index contributed by atoms with van der Waals surface area (Å²) in [5.74, 6) is 2.77. The Kier molecular flexibility index (Phi) is 4.26. The number of rotatable bonds is 4. The largest absolute Gasteiger partial charge is 0.494 e. The van der Waals surface area contributed by atoms with Crippen molar-refractivity contribution in [2.24, 2.45) is 0 Å². The molecular formula is C15H19N3O4. The van der Waals surface area contributed by atoms with E-state index in [2.05, 4.69) is 10.2 Å². The molecule has 0 bridgehead atoms. The molecule has 7 nitrogen and oxygen atoms in total. The molecule has 0 spiro atoms. The second kappa shape index (κ2) is 6.33. The monoisotopic (exact) mass is 305 g/mol. The molecule has 118 valence electrons. The summed E-state index contributed by atoms with van der Waals surface area (Å²) in [6.07, 6.45) is -0.260. The van der Waals surface area contributed by atoms with Gasteiger partial charge in [-0.1, -0.05) is 6.07 Å². The van der Waals surface area contributed by atoms with Gasteiger partial charge < -0.3 is 18.9 Å². The maximum absolute atomic E-state index is 5.76. The van der Waals surface area contributed by atoms with Crippen LogP contribution in [0.1, 0.15) is 17.8 Å². The second-order valence-corrected chi connectivity index (χ2v) is 4.89. The first-order chi connectivity index (χ1) is 10.8. The standard InChI is InChI=1S/C15H19N3O4/c1-10-16-17-15(13-9-21-7-8-22-13)18(10)14-11(19-2)5-4-6-12(14)20-3/h4-6,13H,7-9H2,1-3H3/t13-/m1/s1. The second-order valence-electron chi connectivity index (χ2n) is 4.89. The van der Waals surface area contributed by atoms with Crippen LogP contribution in [0.15, 0.2) is 18.2 Å². The van der Waals surface area contributed by atoms with Crippen molar-refractivity contribution in [3.8, 4) is 17.2 Å². The third-order valence-corrected chi connectivity index (χ3v) is 3.58. The fourth-order valence-electron chi connectivity index (χ4n) is 2.55. The maximum Gasteiger partial charge on any atom is 0.169 e. The van der Waals surface area contributed by atoms with E-state index in [1.165, 1.54) is 0 Å². The van der Waals surface area contributed by atoms with Crippen LogP contribution in [-0.2, 0) is 9.47 Å². The highest BCUT2D eigenvalue weighted by molar-refractivity contribution is 5.58. The lowest BCUT2D eigenvalue weighted by Gasteiger charge is -2.24. The van der Waals surface area contributed by atoms with Gasteiger partial charge in [-0.3, -0.25) is 4.57 Å². The number of benzene rings is 1. The van der Waals surface area contributed by atoms with Gasteiger partial charge in [0, 0.05) is 0 Å². The number of aromatic nitrogens is 3. The minimum Gasteiger partial charge on any atom is -0.494 e. The molecule has 3 rings (SSSR count). The number of para-hydroxylation sites is 1. The van der Waals surface area contributed by atoms with Crippen LogP contribution in [0.2, 0.25) is 0 Å². The molecule has 1 saturated heterocycles. The fourth-order valence-corrected chi connectivity index (χ4v) is 2.55. The lowest BCUT2D eigenvalue weighted by molar-refractivity contribution is -0.0941. The summed E-state index contributed by atoms with van der Waals surface area (Å²) in [5, 5.41) is 8.45. The molecule has 0 N–H and O–H groups in total. The van der Waals surface area contributed by atoms with Gasteiger partial charge in [-0.25, -0.2) is 0 Å². The molecule has 1 atom stereocenters. The summed E-state index contributed by atoms with van der Waals surface area (Å²) in [6.45, 7) is 3.48. The van der Waals surface area contributed by atoms with Gasteiger partial charge in [0.2, 0.25) is 0 Å². The zero-order valence-corrected chi connectivity index (χ0v) is 12.9. The zero-order valence-electron chi connectivity index (χ0n) is 12.9. The van der Waals surface area contributed by atoms with Crippen LogP contribution in [0.5, 0.6) is 11.5 Å². The minimum absolute atomic E-state index is 0.260. The quantitative estimate of drug-likeness (QED) is 0.856. The van der Waals surface area contributed by atoms with Crippen molar-refractivity contribution in [2.75, 3.05) is 34.0 Å². The highest BCUT2D eigenvalue weighted by Crippen LogP contribution is 2.35. The number of hydrogen-bond donors (Lipinski definition) is 0. The Morgan fingerprint density at radius 2 is 1.86 bits per heavy atom. The summed E-state index contributed by atoms with van der Waals surface area (Å²) >= 11 is 0. The third-order valence-electron chi connectivity index (χ3n) is 3.58. The van der Waals surface area contributed by atoms with Gasteiger partial charge in [-0.2, -0.15) is 0 Å². The topological polar surface area (TPSA) is 67.6 Å². The molecule has 0 radical (unpaired) electrons. The van der Waals surface area contributed by atoms with Crippen molar-refractivity contribution >= 4 is 0 Å². The van der Waals surface area contributed by atoms with Gasteiger partial charge >= 0.3 is 0 Å². The van der Waals surface area contributed by atoms with Crippen molar-refractivity contribution in [3.05, 3.63) is 29.8 Å². The number of hydrogen-bond acceptors (Lipinski definition) is 6. The van der Waals surface area contributed by atoms with Gasteiger partial charge in [0.05, 0.1) is 34.0 Å². The summed E-state index contributed by atoms with van der Waals surface area (Å²) in [7, 11) is 3.25. The molecule has 0 unspecified atom stereocenters. The fraction of sp³-hybridized carbons (Fsp3) is 0.467. The van der Waals surface area contributed by atoms with Gasteiger partial charge in [-0.15, -0.1) is 10.2 Å². The SMILES string of the molecule is COc1cccc(OC)c1-n1c(C)nnc1[C@H]1COCCO1. The summed E-state index contributed by atoms with van der Waals surface area (Å²) in [4.78, 5) is 0. The Hall–Kier alpha value is -2.12.